The lowest BCUT2D eigenvalue weighted by atomic mass is 10.1. The van der Waals surface area contributed by atoms with Gasteiger partial charge >= 0.3 is 11.7 Å². The third-order valence-corrected chi connectivity index (χ3v) is 4.79. The number of fused-ring (bicyclic) bond motifs is 2. The first-order valence-electron chi connectivity index (χ1n) is 8.70. The number of rotatable bonds is 4. The third kappa shape index (κ3) is 2.88. The highest BCUT2D eigenvalue weighted by Crippen LogP contribution is 2.19. The molecule has 0 saturated carbocycles. The smallest absolute Gasteiger partial charge is 0.332 e. The molecule has 0 saturated heterocycles. The van der Waals surface area contributed by atoms with Gasteiger partial charge in [-0.15, -0.1) is 0 Å². The molecule has 2 aromatic carbocycles. The van der Waals surface area contributed by atoms with E-state index in [1.807, 2.05) is 42.5 Å². The zero-order chi connectivity index (χ0) is 19.8. The van der Waals surface area contributed by atoms with Crippen molar-refractivity contribution in [2.75, 3.05) is 0 Å². The van der Waals surface area contributed by atoms with E-state index < -0.39 is 17.2 Å². The molecule has 0 amide bonds. The Morgan fingerprint density at radius 1 is 1.04 bits per heavy atom. The van der Waals surface area contributed by atoms with Crippen molar-refractivity contribution < 1.29 is 9.53 Å². The number of hydrogen-bond donors (Lipinski definition) is 0. The van der Waals surface area contributed by atoms with E-state index in [0.717, 1.165) is 20.9 Å². The van der Waals surface area contributed by atoms with Gasteiger partial charge in [0.1, 0.15) is 13.2 Å². The van der Waals surface area contributed by atoms with Gasteiger partial charge in [0.2, 0.25) is 0 Å². The van der Waals surface area contributed by atoms with Gasteiger partial charge in [0, 0.05) is 14.1 Å². The maximum atomic E-state index is 12.4. The molecule has 8 heteroatoms. The van der Waals surface area contributed by atoms with Gasteiger partial charge in [-0.25, -0.2) is 9.78 Å². The Hall–Kier alpha value is -3.68. The van der Waals surface area contributed by atoms with E-state index in [0.29, 0.717) is 0 Å². The van der Waals surface area contributed by atoms with Crippen LogP contribution in [0.4, 0.5) is 0 Å². The van der Waals surface area contributed by atoms with Crippen LogP contribution in [0.2, 0.25) is 0 Å². The van der Waals surface area contributed by atoms with E-state index >= 15 is 0 Å². The van der Waals surface area contributed by atoms with Crippen LogP contribution in [0.25, 0.3) is 21.9 Å². The average molecular weight is 378 g/mol. The zero-order valence-corrected chi connectivity index (χ0v) is 15.5. The summed E-state index contributed by atoms with van der Waals surface area (Å²) in [5.74, 6) is -0.497. The summed E-state index contributed by atoms with van der Waals surface area (Å²) in [6.07, 6.45) is 1.37. The normalized spacial score (nSPS) is 11.2. The fourth-order valence-corrected chi connectivity index (χ4v) is 3.28. The van der Waals surface area contributed by atoms with Gasteiger partial charge < -0.3 is 9.30 Å². The van der Waals surface area contributed by atoms with Gasteiger partial charge in [-0.05, 0) is 16.3 Å². The van der Waals surface area contributed by atoms with Gasteiger partial charge in [-0.2, -0.15) is 0 Å². The van der Waals surface area contributed by atoms with Gasteiger partial charge in [0.15, 0.2) is 11.2 Å². The van der Waals surface area contributed by atoms with Crippen molar-refractivity contribution in [1.29, 1.82) is 0 Å². The molecular weight excluding hydrogens is 360 g/mol. The minimum Gasteiger partial charge on any atom is -0.459 e. The minimum atomic E-state index is -0.502. The molecule has 0 radical (unpaired) electrons. The van der Waals surface area contributed by atoms with Gasteiger partial charge in [0.05, 0.1) is 6.33 Å². The second-order valence-corrected chi connectivity index (χ2v) is 6.55. The highest BCUT2D eigenvalue weighted by molar-refractivity contribution is 5.85. The van der Waals surface area contributed by atoms with Crippen LogP contribution in [0, 0.1) is 0 Å². The highest BCUT2D eigenvalue weighted by Gasteiger charge is 2.16. The number of hydrogen-bond acceptors (Lipinski definition) is 5. The number of aryl methyl sites for hydroxylation is 1. The van der Waals surface area contributed by atoms with Crippen LogP contribution in [0.3, 0.4) is 0 Å². The molecule has 0 atom stereocenters. The van der Waals surface area contributed by atoms with Crippen LogP contribution < -0.4 is 11.2 Å². The summed E-state index contributed by atoms with van der Waals surface area (Å²) in [5.41, 5.74) is 0.348. The van der Waals surface area contributed by atoms with Crippen molar-refractivity contribution in [3.05, 3.63) is 75.2 Å². The largest absolute Gasteiger partial charge is 0.459 e. The minimum absolute atomic E-state index is 0.128. The third-order valence-electron chi connectivity index (χ3n) is 4.79. The quantitative estimate of drug-likeness (QED) is 0.500. The highest BCUT2D eigenvalue weighted by atomic mass is 16.5. The lowest BCUT2D eigenvalue weighted by Crippen LogP contribution is -2.37. The Morgan fingerprint density at radius 2 is 1.79 bits per heavy atom. The van der Waals surface area contributed by atoms with Crippen molar-refractivity contribution in [1.82, 2.24) is 18.7 Å². The number of carbonyl (C=O) groups excluding carboxylic acids is 1. The number of benzene rings is 2. The van der Waals surface area contributed by atoms with E-state index in [-0.39, 0.29) is 24.3 Å². The van der Waals surface area contributed by atoms with E-state index in [9.17, 15) is 14.4 Å². The standard InChI is InChI=1S/C20H18N4O4/c1-22-18-17(19(26)23(2)20(22)27)24(12-21-18)10-16(25)28-11-14-8-5-7-13-6-3-4-9-15(13)14/h3-9,12H,10-11H2,1-2H3. The Balaban J connectivity index is 1.58. The summed E-state index contributed by atoms with van der Waals surface area (Å²) < 4.78 is 9.08. The topological polar surface area (TPSA) is 88.1 Å². The molecule has 0 bridgehead atoms. The molecular formula is C20H18N4O4. The Labute approximate surface area is 159 Å². The molecule has 0 aliphatic carbocycles. The summed E-state index contributed by atoms with van der Waals surface area (Å²) in [5, 5.41) is 2.09. The first kappa shape index (κ1) is 17.7. The summed E-state index contributed by atoms with van der Waals surface area (Å²) in [6, 6.07) is 13.7. The lowest BCUT2D eigenvalue weighted by Gasteiger charge is -2.09. The molecule has 4 aromatic rings. The van der Waals surface area contributed by atoms with Crippen molar-refractivity contribution in [2.24, 2.45) is 14.1 Å². The molecule has 2 heterocycles. The maximum absolute atomic E-state index is 12.4. The van der Waals surface area contributed by atoms with Crippen LogP contribution in [0.1, 0.15) is 5.56 Å². The second-order valence-electron chi connectivity index (χ2n) is 6.55. The SMILES string of the molecule is Cn1c(=O)c2c(ncn2CC(=O)OCc2cccc3ccccc23)n(C)c1=O. The first-order valence-corrected chi connectivity index (χ1v) is 8.70. The van der Waals surface area contributed by atoms with E-state index in [4.69, 9.17) is 4.74 Å². The molecule has 0 aliphatic rings. The fourth-order valence-electron chi connectivity index (χ4n) is 3.28. The van der Waals surface area contributed by atoms with E-state index in [1.54, 1.807) is 0 Å². The van der Waals surface area contributed by atoms with Crippen molar-refractivity contribution >= 4 is 27.9 Å². The number of carbonyl (C=O) groups is 1. The number of aromatic nitrogens is 4. The molecule has 0 unspecified atom stereocenters. The van der Waals surface area contributed by atoms with Crippen LogP contribution in [-0.2, 0) is 36.8 Å². The van der Waals surface area contributed by atoms with Crippen molar-refractivity contribution in [3.8, 4) is 0 Å². The molecule has 28 heavy (non-hydrogen) atoms. The fraction of sp³-hybridized carbons (Fsp3) is 0.200. The van der Waals surface area contributed by atoms with Crippen LogP contribution >= 0.6 is 0 Å². The Morgan fingerprint density at radius 3 is 2.61 bits per heavy atom. The average Bonchev–Trinajstić information content (AvgIpc) is 3.12. The van der Waals surface area contributed by atoms with Crippen LogP contribution in [0.15, 0.2) is 58.4 Å². The number of nitrogens with zero attached hydrogens (tertiary/aromatic N) is 4. The van der Waals surface area contributed by atoms with Crippen molar-refractivity contribution in [3.63, 3.8) is 0 Å². The van der Waals surface area contributed by atoms with E-state index in [1.165, 1.54) is 29.6 Å². The molecule has 142 valence electrons. The summed E-state index contributed by atoms with van der Waals surface area (Å²) >= 11 is 0. The Bertz CT molecular complexity index is 1320. The van der Waals surface area contributed by atoms with Crippen LogP contribution in [0.5, 0.6) is 0 Å². The predicted octanol–water partition coefficient (Wildman–Crippen LogP) is 1.33. The second kappa shape index (κ2) is 6.80. The van der Waals surface area contributed by atoms with Gasteiger partial charge in [-0.1, -0.05) is 42.5 Å². The molecule has 0 N–H and O–H groups in total. The molecule has 0 fully saturated rings. The zero-order valence-electron chi connectivity index (χ0n) is 15.5. The first-order chi connectivity index (χ1) is 13.5. The number of ether oxygens (including phenoxy) is 1. The predicted molar refractivity (Wildman–Crippen MR) is 104 cm³/mol. The maximum Gasteiger partial charge on any atom is 0.332 e. The van der Waals surface area contributed by atoms with Gasteiger partial charge in [0.25, 0.3) is 5.56 Å². The molecule has 2 aromatic heterocycles. The van der Waals surface area contributed by atoms with Crippen molar-refractivity contribution in [2.45, 2.75) is 13.2 Å². The summed E-state index contributed by atoms with van der Waals surface area (Å²) in [6.45, 7) is -0.0436. The molecule has 4 rings (SSSR count). The summed E-state index contributed by atoms with van der Waals surface area (Å²) in [7, 11) is 2.92. The van der Waals surface area contributed by atoms with Gasteiger partial charge in [-0.3, -0.25) is 18.7 Å². The molecule has 0 aliphatic heterocycles. The number of esters is 1. The van der Waals surface area contributed by atoms with E-state index in [2.05, 4.69) is 4.98 Å². The summed E-state index contributed by atoms with van der Waals surface area (Å²) in [4.78, 5) is 40.9. The number of imidazole rings is 1. The molecule has 0 spiro atoms. The lowest BCUT2D eigenvalue weighted by molar-refractivity contribution is -0.145. The monoisotopic (exact) mass is 378 g/mol. The Kier molecular flexibility index (Phi) is 4.31. The van der Waals surface area contributed by atoms with Crippen LogP contribution in [-0.4, -0.2) is 24.7 Å². The molecule has 8 nitrogen and oxygen atoms in total.